The van der Waals surface area contributed by atoms with Gasteiger partial charge in [-0.3, -0.25) is 4.79 Å². The quantitative estimate of drug-likeness (QED) is 0.624. The Morgan fingerprint density at radius 1 is 1.35 bits per heavy atom. The molecule has 0 spiro atoms. The fourth-order valence-corrected chi connectivity index (χ4v) is 1.80. The van der Waals surface area contributed by atoms with E-state index in [0.29, 0.717) is 6.61 Å². The molecule has 0 fully saturated rings. The normalized spacial score (nSPS) is 13.4. The number of ether oxygens (including phenoxy) is 1. The Balaban J connectivity index is 3.78. The zero-order chi connectivity index (χ0) is 13.3. The number of nitrogens with one attached hydrogen (secondary N) is 1. The highest BCUT2D eigenvalue weighted by molar-refractivity contribution is 7.91. The highest BCUT2D eigenvalue weighted by atomic mass is 32.2. The van der Waals surface area contributed by atoms with Gasteiger partial charge in [-0.2, -0.15) is 0 Å². The van der Waals surface area contributed by atoms with E-state index >= 15 is 0 Å². The van der Waals surface area contributed by atoms with Crippen LogP contribution in [0.5, 0.6) is 0 Å². The fraction of sp³-hybridized carbons (Fsp3) is 0.909. The molecule has 0 aliphatic heterocycles. The standard InChI is InChI=1S/C11H23NO4S/c1-4-6-8-16-10(3)11(13)12-7-9-17(14,15)5-2/h10H,4-9H2,1-3H3,(H,12,13). The van der Waals surface area contributed by atoms with Gasteiger partial charge in [0.1, 0.15) is 6.10 Å². The number of hydrogen-bond donors (Lipinski definition) is 1. The van der Waals surface area contributed by atoms with Crippen molar-refractivity contribution in [2.45, 2.75) is 39.7 Å². The zero-order valence-electron chi connectivity index (χ0n) is 10.9. The van der Waals surface area contributed by atoms with Crippen molar-refractivity contribution < 1.29 is 17.9 Å². The lowest BCUT2D eigenvalue weighted by Gasteiger charge is -2.12. The molecule has 17 heavy (non-hydrogen) atoms. The Morgan fingerprint density at radius 2 is 2.00 bits per heavy atom. The van der Waals surface area contributed by atoms with E-state index in [2.05, 4.69) is 5.32 Å². The van der Waals surface area contributed by atoms with Crippen LogP contribution in [0.15, 0.2) is 0 Å². The molecule has 0 radical (unpaired) electrons. The summed E-state index contributed by atoms with van der Waals surface area (Å²) < 4.78 is 27.6. The molecule has 0 aromatic carbocycles. The van der Waals surface area contributed by atoms with Gasteiger partial charge >= 0.3 is 0 Å². The van der Waals surface area contributed by atoms with Crippen LogP contribution in [0.25, 0.3) is 0 Å². The Kier molecular flexibility index (Phi) is 8.16. The molecule has 0 saturated heterocycles. The third-order valence-electron chi connectivity index (χ3n) is 2.39. The first kappa shape index (κ1) is 16.4. The van der Waals surface area contributed by atoms with Crippen LogP contribution in [-0.2, 0) is 19.4 Å². The van der Waals surface area contributed by atoms with Crippen LogP contribution in [0.4, 0.5) is 0 Å². The average Bonchev–Trinajstić information content (AvgIpc) is 2.29. The number of hydrogen-bond acceptors (Lipinski definition) is 4. The predicted octanol–water partition coefficient (Wildman–Crippen LogP) is 0.743. The van der Waals surface area contributed by atoms with Gasteiger partial charge in [-0.25, -0.2) is 8.42 Å². The molecular formula is C11H23NO4S. The summed E-state index contributed by atoms with van der Waals surface area (Å²) in [5.41, 5.74) is 0. The summed E-state index contributed by atoms with van der Waals surface area (Å²) in [4.78, 5) is 11.5. The number of amides is 1. The molecule has 0 heterocycles. The summed E-state index contributed by atoms with van der Waals surface area (Å²) in [5.74, 6) is -0.171. The summed E-state index contributed by atoms with van der Waals surface area (Å²) in [7, 11) is -3.02. The molecule has 1 unspecified atom stereocenters. The van der Waals surface area contributed by atoms with Crippen LogP contribution < -0.4 is 5.32 Å². The lowest BCUT2D eigenvalue weighted by atomic mass is 10.3. The van der Waals surface area contributed by atoms with Gasteiger partial charge in [0.05, 0.1) is 5.75 Å². The van der Waals surface area contributed by atoms with Crippen molar-refractivity contribution in [2.24, 2.45) is 0 Å². The molecule has 0 aromatic rings. The molecule has 5 nitrogen and oxygen atoms in total. The van der Waals surface area contributed by atoms with E-state index in [1.807, 2.05) is 6.92 Å². The highest BCUT2D eigenvalue weighted by Gasteiger charge is 2.14. The van der Waals surface area contributed by atoms with Gasteiger partial charge in [0, 0.05) is 18.9 Å². The Labute approximate surface area is 104 Å². The van der Waals surface area contributed by atoms with Gasteiger partial charge in [0.15, 0.2) is 9.84 Å². The maximum atomic E-state index is 11.5. The van der Waals surface area contributed by atoms with Gasteiger partial charge < -0.3 is 10.1 Å². The third-order valence-corrected chi connectivity index (χ3v) is 4.09. The largest absolute Gasteiger partial charge is 0.369 e. The Hall–Kier alpha value is -0.620. The van der Waals surface area contributed by atoms with Crippen LogP contribution in [-0.4, -0.2) is 45.1 Å². The topological polar surface area (TPSA) is 72.5 Å². The van der Waals surface area contributed by atoms with Crippen molar-refractivity contribution in [3.8, 4) is 0 Å². The van der Waals surface area contributed by atoms with Crippen LogP contribution in [0, 0.1) is 0 Å². The minimum absolute atomic E-state index is 0.0169. The van der Waals surface area contributed by atoms with E-state index in [-0.39, 0.29) is 24.0 Å². The lowest BCUT2D eigenvalue weighted by molar-refractivity contribution is -0.131. The number of sulfone groups is 1. The fourth-order valence-electron chi connectivity index (χ4n) is 1.10. The van der Waals surface area contributed by atoms with E-state index in [1.165, 1.54) is 0 Å². The molecule has 0 aromatic heterocycles. The van der Waals surface area contributed by atoms with Crippen molar-refractivity contribution in [1.82, 2.24) is 5.32 Å². The first-order valence-electron chi connectivity index (χ1n) is 6.02. The van der Waals surface area contributed by atoms with Gasteiger partial charge in [0.2, 0.25) is 5.91 Å². The molecule has 6 heteroatoms. The minimum Gasteiger partial charge on any atom is -0.369 e. The van der Waals surface area contributed by atoms with Crippen molar-refractivity contribution in [1.29, 1.82) is 0 Å². The van der Waals surface area contributed by atoms with Crippen molar-refractivity contribution >= 4 is 15.7 Å². The molecule has 1 atom stereocenters. The van der Waals surface area contributed by atoms with Crippen LogP contribution in [0.3, 0.4) is 0 Å². The second-order valence-corrected chi connectivity index (χ2v) is 6.37. The SMILES string of the molecule is CCCCOC(C)C(=O)NCCS(=O)(=O)CC. The van der Waals surface area contributed by atoms with Crippen LogP contribution in [0.2, 0.25) is 0 Å². The second-order valence-electron chi connectivity index (χ2n) is 3.89. The Bertz CT molecular complexity index is 313. The first-order valence-corrected chi connectivity index (χ1v) is 7.84. The Morgan fingerprint density at radius 3 is 2.53 bits per heavy atom. The summed E-state index contributed by atoms with van der Waals surface area (Å²) >= 11 is 0. The van der Waals surface area contributed by atoms with E-state index in [9.17, 15) is 13.2 Å². The molecule has 1 amide bonds. The van der Waals surface area contributed by atoms with Crippen LogP contribution in [0.1, 0.15) is 33.6 Å². The molecule has 0 rings (SSSR count). The van der Waals surface area contributed by atoms with Gasteiger partial charge in [0.25, 0.3) is 0 Å². The number of unbranched alkanes of at least 4 members (excludes halogenated alkanes) is 1. The van der Waals surface area contributed by atoms with E-state index < -0.39 is 15.9 Å². The molecular weight excluding hydrogens is 242 g/mol. The van der Waals surface area contributed by atoms with E-state index in [4.69, 9.17) is 4.74 Å². The smallest absolute Gasteiger partial charge is 0.248 e. The first-order chi connectivity index (χ1) is 7.93. The summed E-state index contributed by atoms with van der Waals surface area (Å²) in [5, 5.41) is 2.56. The van der Waals surface area contributed by atoms with Gasteiger partial charge in [-0.1, -0.05) is 20.3 Å². The molecule has 0 saturated carbocycles. The predicted molar refractivity (Wildman–Crippen MR) is 67.7 cm³/mol. The third kappa shape index (κ3) is 8.15. The molecule has 0 aliphatic rings. The maximum absolute atomic E-state index is 11.5. The second kappa shape index (κ2) is 8.47. The maximum Gasteiger partial charge on any atom is 0.248 e. The molecule has 1 N–H and O–H groups in total. The van der Waals surface area contributed by atoms with Gasteiger partial charge in [-0.15, -0.1) is 0 Å². The zero-order valence-corrected chi connectivity index (χ0v) is 11.7. The number of carbonyl (C=O) groups excluding carboxylic acids is 1. The summed E-state index contributed by atoms with van der Waals surface area (Å²) in [6, 6.07) is 0. The number of rotatable bonds is 9. The van der Waals surface area contributed by atoms with E-state index in [1.54, 1.807) is 13.8 Å². The lowest BCUT2D eigenvalue weighted by Crippen LogP contribution is -2.37. The average molecular weight is 265 g/mol. The molecule has 0 bridgehead atoms. The van der Waals surface area contributed by atoms with Crippen molar-refractivity contribution in [3.63, 3.8) is 0 Å². The van der Waals surface area contributed by atoms with Crippen molar-refractivity contribution in [2.75, 3.05) is 24.7 Å². The van der Waals surface area contributed by atoms with E-state index in [0.717, 1.165) is 12.8 Å². The highest BCUT2D eigenvalue weighted by Crippen LogP contribution is 1.95. The molecule has 0 aliphatic carbocycles. The monoisotopic (exact) mass is 265 g/mol. The van der Waals surface area contributed by atoms with Crippen LogP contribution >= 0.6 is 0 Å². The molecule has 102 valence electrons. The number of carbonyl (C=O) groups is 1. The minimum atomic E-state index is -3.02. The van der Waals surface area contributed by atoms with Crippen molar-refractivity contribution in [3.05, 3.63) is 0 Å². The van der Waals surface area contributed by atoms with Gasteiger partial charge in [-0.05, 0) is 13.3 Å². The summed E-state index contributed by atoms with van der Waals surface area (Å²) in [6.07, 6.45) is 1.41. The summed E-state index contributed by atoms with van der Waals surface area (Å²) in [6.45, 7) is 6.01.